The van der Waals surface area contributed by atoms with Crippen molar-refractivity contribution in [1.82, 2.24) is 0 Å². The van der Waals surface area contributed by atoms with Gasteiger partial charge in [0.2, 0.25) is 0 Å². The molecular weight excluding hydrogens is 264 g/mol. The van der Waals surface area contributed by atoms with Gasteiger partial charge in [-0.15, -0.1) is 0 Å². The SMILES string of the molecule is CC[C@@H](O)c1ccc(Sc2ccc3c(c2)CCC3)cc1. The van der Waals surface area contributed by atoms with Crippen molar-refractivity contribution in [2.24, 2.45) is 0 Å². The predicted octanol–water partition coefficient (Wildman–Crippen LogP) is 4.77. The fourth-order valence-electron chi connectivity index (χ4n) is 2.74. The smallest absolute Gasteiger partial charge is 0.0787 e. The number of aliphatic hydroxyl groups excluding tert-OH is 1. The quantitative estimate of drug-likeness (QED) is 0.872. The maximum absolute atomic E-state index is 9.81. The van der Waals surface area contributed by atoms with Crippen LogP contribution in [0.3, 0.4) is 0 Å². The second-order valence-corrected chi connectivity index (χ2v) is 6.53. The van der Waals surface area contributed by atoms with Crippen LogP contribution in [0.15, 0.2) is 52.3 Å². The van der Waals surface area contributed by atoms with Crippen LogP contribution in [0.1, 0.15) is 42.6 Å². The first kappa shape index (κ1) is 13.7. The van der Waals surface area contributed by atoms with Crippen molar-refractivity contribution in [2.75, 3.05) is 0 Å². The van der Waals surface area contributed by atoms with E-state index < -0.39 is 0 Å². The van der Waals surface area contributed by atoms with E-state index in [0.29, 0.717) is 0 Å². The van der Waals surface area contributed by atoms with E-state index in [2.05, 4.69) is 30.3 Å². The lowest BCUT2D eigenvalue weighted by molar-refractivity contribution is 0.173. The summed E-state index contributed by atoms with van der Waals surface area (Å²) in [5.41, 5.74) is 4.05. The van der Waals surface area contributed by atoms with Crippen molar-refractivity contribution < 1.29 is 5.11 Å². The van der Waals surface area contributed by atoms with Crippen LogP contribution in [0.5, 0.6) is 0 Å². The minimum Gasteiger partial charge on any atom is -0.388 e. The second kappa shape index (κ2) is 6.02. The largest absolute Gasteiger partial charge is 0.388 e. The third kappa shape index (κ3) is 2.92. The molecule has 0 heterocycles. The lowest BCUT2D eigenvalue weighted by Crippen LogP contribution is -1.94. The van der Waals surface area contributed by atoms with E-state index in [4.69, 9.17) is 0 Å². The van der Waals surface area contributed by atoms with Crippen molar-refractivity contribution in [3.63, 3.8) is 0 Å². The molecule has 1 atom stereocenters. The van der Waals surface area contributed by atoms with Crippen LogP contribution in [0.25, 0.3) is 0 Å². The zero-order chi connectivity index (χ0) is 13.9. The first-order chi connectivity index (χ1) is 9.76. The highest BCUT2D eigenvalue weighted by atomic mass is 32.2. The molecule has 0 aromatic heterocycles. The van der Waals surface area contributed by atoms with Gasteiger partial charge in [0.1, 0.15) is 0 Å². The van der Waals surface area contributed by atoms with Crippen molar-refractivity contribution >= 4 is 11.8 Å². The van der Waals surface area contributed by atoms with Gasteiger partial charge in [-0.05, 0) is 66.6 Å². The van der Waals surface area contributed by atoms with Crippen LogP contribution >= 0.6 is 11.8 Å². The number of hydrogen-bond acceptors (Lipinski definition) is 2. The average molecular weight is 284 g/mol. The normalized spacial score (nSPS) is 15.1. The monoisotopic (exact) mass is 284 g/mol. The van der Waals surface area contributed by atoms with E-state index in [0.717, 1.165) is 12.0 Å². The molecular formula is C18H20OS. The minimum absolute atomic E-state index is 0.339. The standard InChI is InChI=1S/C18H20OS/c1-2-18(19)14-7-9-16(10-8-14)20-17-11-6-13-4-3-5-15(13)12-17/h6-12,18-19H,2-5H2,1H3/t18-/m1/s1. The number of rotatable bonds is 4. The zero-order valence-electron chi connectivity index (χ0n) is 11.8. The van der Waals surface area contributed by atoms with Crippen LogP contribution in [0.2, 0.25) is 0 Å². The molecule has 1 aliphatic carbocycles. The fraction of sp³-hybridized carbons (Fsp3) is 0.333. The molecule has 1 aliphatic rings. The molecule has 1 nitrogen and oxygen atoms in total. The van der Waals surface area contributed by atoms with Crippen LogP contribution < -0.4 is 0 Å². The van der Waals surface area contributed by atoms with Gasteiger partial charge in [0, 0.05) is 9.79 Å². The summed E-state index contributed by atoms with van der Waals surface area (Å²) in [5, 5.41) is 9.81. The second-order valence-electron chi connectivity index (χ2n) is 5.38. The summed E-state index contributed by atoms with van der Waals surface area (Å²) in [7, 11) is 0. The summed E-state index contributed by atoms with van der Waals surface area (Å²) in [6.07, 6.45) is 4.19. The molecule has 2 aromatic carbocycles. The number of aliphatic hydroxyl groups is 1. The lowest BCUT2D eigenvalue weighted by Gasteiger charge is -2.09. The van der Waals surface area contributed by atoms with Gasteiger partial charge in [-0.3, -0.25) is 0 Å². The van der Waals surface area contributed by atoms with E-state index in [9.17, 15) is 5.11 Å². The Morgan fingerprint density at radius 2 is 1.70 bits per heavy atom. The molecule has 104 valence electrons. The van der Waals surface area contributed by atoms with Crippen molar-refractivity contribution in [1.29, 1.82) is 0 Å². The minimum atomic E-state index is -0.339. The van der Waals surface area contributed by atoms with Gasteiger partial charge in [-0.25, -0.2) is 0 Å². The van der Waals surface area contributed by atoms with Crippen LogP contribution in [0.4, 0.5) is 0 Å². The van der Waals surface area contributed by atoms with E-state index in [1.54, 1.807) is 11.8 Å². The number of benzene rings is 2. The molecule has 0 saturated heterocycles. The topological polar surface area (TPSA) is 20.2 Å². The van der Waals surface area contributed by atoms with Gasteiger partial charge >= 0.3 is 0 Å². The number of fused-ring (bicyclic) bond motifs is 1. The number of hydrogen-bond donors (Lipinski definition) is 1. The summed E-state index contributed by atoms with van der Waals surface area (Å²) in [6, 6.07) is 15.1. The highest BCUT2D eigenvalue weighted by molar-refractivity contribution is 7.99. The summed E-state index contributed by atoms with van der Waals surface area (Å²) < 4.78 is 0. The molecule has 0 saturated carbocycles. The molecule has 0 spiro atoms. The van der Waals surface area contributed by atoms with Gasteiger partial charge in [-0.2, -0.15) is 0 Å². The fourth-order valence-corrected chi connectivity index (χ4v) is 3.62. The molecule has 0 aliphatic heterocycles. The average Bonchev–Trinajstić information content (AvgIpc) is 2.95. The maximum atomic E-state index is 9.81. The van der Waals surface area contributed by atoms with Crippen molar-refractivity contribution in [3.8, 4) is 0 Å². The molecule has 2 heteroatoms. The molecule has 0 amide bonds. The molecule has 0 fully saturated rings. The summed E-state index contributed by atoms with van der Waals surface area (Å²) >= 11 is 1.80. The maximum Gasteiger partial charge on any atom is 0.0787 e. The Morgan fingerprint density at radius 1 is 1.00 bits per heavy atom. The summed E-state index contributed by atoms with van der Waals surface area (Å²) in [6.45, 7) is 2.00. The predicted molar refractivity (Wildman–Crippen MR) is 84.3 cm³/mol. The van der Waals surface area contributed by atoms with E-state index in [-0.39, 0.29) is 6.10 Å². The summed E-state index contributed by atoms with van der Waals surface area (Å²) in [4.78, 5) is 2.55. The molecule has 1 N–H and O–H groups in total. The molecule has 0 unspecified atom stereocenters. The Morgan fingerprint density at radius 3 is 2.45 bits per heavy atom. The Bertz CT molecular complexity index is 589. The van der Waals surface area contributed by atoms with Gasteiger partial charge in [0.15, 0.2) is 0 Å². The summed E-state index contributed by atoms with van der Waals surface area (Å²) in [5.74, 6) is 0. The van der Waals surface area contributed by atoms with E-state index in [1.807, 2.05) is 19.1 Å². The van der Waals surface area contributed by atoms with Crippen LogP contribution in [-0.4, -0.2) is 5.11 Å². The van der Waals surface area contributed by atoms with Crippen molar-refractivity contribution in [3.05, 3.63) is 59.2 Å². The molecule has 0 radical (unpaired) electrons. The highest BCUT2D eigenvalue weighted by Crippen LogP contribution is 2.32. The Hall–Kier alpha value is -1.25. The van der Waals surface area contributed by atoms with Crippen molar-refractivity contribution in [2.45, 2.75) is 48.5 Å². The molecule has 0 bridgehead atoms. The van der Waals surface area contributed by atoms with E-state index >= 15 is 0 Å². The lowest BCUT2D eigenvalue weighted by atomic mass is 10.1. The Balaban J connectivity index is 1.74. The van der Waals surface area contributed by atoms with Crippen LogP contribution in [-0.2, 0) is 12.8 Å². The molecule has 3 rings (SSSR count). The Kier molecular flexibility index (Phi) is 4.13. The highest BCUT2D eigenvalue weighted by Gasteiger charge is 2.11. The van der Waals surface area contributed by atoms with Crippen LogP contribution in [0, 0.1) is 0 Å². The zero-order valence-corrected chi connectivity index (χ0v) is 12.6. The number of aryl methyl sites for hydroxylation is 2. The first-order valence-electron chi connectivity index (χ1n) is 7.34. The molecule has 20 heavy (non-hydrogen) atoms. The van der Waals surface area contributed by atoms with Gasteiger partial charge < -0.3 is 5.11 Å². The molecule has 2 aromatic rings. The first-order valence-corrected chi connectivity index (χ1v) is 8.15. The van der Waals surface area contributed by atoms with Gasteiger partial charge in [0.05, 0.1) is 6.10 Å². The van der Waals surface area contributed by atoms with Gasteiger partial charge in [-0.1, -0.05) is 36.9 Å². The van der Waals surface area contributed by atoms with Gasteiger partial charge in [0.25, 0.3) is 0 Å². The third-order valence-electron chi connectivity index (χ3n) is 3.96. The third-order valence-corrected chi connectivity index (χ3v) is 4.95. The Labute approximate surface area is 125 Å². The van der Waals surface area contributed by atoms with E-state index in [1.165, 1.54) is 40.2 Å².